The number of rotatable bonds is 3. The van der Waals surface area contributed by atoms with Gasteiger partial charge in [0.1, 0.15) is 0 Å². The Hall–Kier alpha value is -1.02. The average molecular weight is 214 g/mol. The van der Waals surface area contributed by atoms with Gasteiger partial charge in [-0.1, -0.05) is 29.3 Å². The van der Waals surface area contributed by atoms with Crippen molar-refractivity contribution in [2.45, 2.75) is 13.8 Å². The summed E-state index contributed by atoms with van der Waals surface area (Å²) in [5.41, 5.74) is 1.63. The third-order valence-corrected chi connectivity index (χ3v) is 2.05. The molecular weight excluding hydrogens is 201 g/mol. The normalized spacial score (nSPS) is 9.71. The van der Waals surface area contributed by atoms with Gasteiger partial charge in [-0.2, -0.15) is 0 Å². The van der Waals surface area contributed by atoms with Gasteiger partial charge in [0.25, 0.3) is 0 Å². The van der Waals surface area contributed by atoms with Crippen LogP contribution in [0.5, 0.6) is 0 Å². The van der Waals surface area contributed by atoms with E-state index < -0.39 is 5.82 Å². The van der Waals surface area contributed by atoms with Crippen LogP contribution in [0.25, 0.3) is 0 Å². The van der Waals surface area contributed by atoms with Gasteiger partial charge in [0.05, 0.1) is 10.7 Å². The van der Waals surface area contributed by atoms with Crippen LogP contribution in [0, 0.1) is 5.82 Å². The molecule has 1 nitrogen and oxygen atoms in total. The zero-order valence-corrected chi connectivity index (χ0v) is 9.03. The molecule has 0 bridgehead atoms. The molecule has 0 unspecified atom stereocenters. The quantitative estimate of drug-likeness (QED) is 0.752. The van der Waals surface area contributed by atoms with E-state index in [1.807, 2.05) is 19.9 Å². The van der Waals surface area contributed by atoms with E-state index in [4.69, 9.17) is 11.6 Å². The Morgan fingerprint density at radius 3 is 2.86 bits per heavy atom. The second-order valence-electron chi connectivity index (χ2n) is 3.26. The molecule has 1 aromatic carbocycles. The minimum Gasteiger partial charge on any atom is -0.379 e. The molecule has 0 spiro atoms. The van der Waals surface area contributed by atoms with Crippen molar-refractivity contribution in [3.8, 4) is 0 Å². The van der Waals surface area contributed by atoms with E-state index in [1.54, 1.807) is 12.1 Å². The SMILES string of the molecule is CC(C)=CCNc1cccc(Cl)c1F. The highest BCUT2D eigenvalue weighted by molar-refractivity contribution is 6.31. The molecule has 0 aliphatic carbocycles. The van der Waals surface area contributed by atoms with E-state index in [9.17, 15) is 4.39 Å². The van der Waals surface area contributed by atoms with Crippen LogP contribution in [0.3, 0.4) is 0 Å². The predicted molar refractivity (Wildman–Crippen MR) is 59.3 cm³/mol. The highest BCUT2D eigenvalue weighted by Crippen LogP contribution is 2.21. The van der Waals surface area contributed by atoms with Gasteiger partial charge in [0.15, 0.2) is 5.82 Å². The monoisotopic (exact) mass is 213 g/mol. The summed E-state index contributed by atoms with van der Waals surface area (Å²) < 4.78 is 13.3. The van der Waals surface area contributed by atoms with Gasteiger partial charge < -0.3 is 5.32 Å². The van der Waals surface area contributed by atoms with E-state index in [0.717, 1.165) is 0 Å². The molecule has 0 heterocycles. The van der Waals surface area contributed by atoms with E-state index in [-0.39, 0.29) is 5.02 Å². The lowest BCUT2D eigenvalue weighted by molar-refractivity contribution is 0.631. The molecule has 1 rings (SSSR count). The fourth-order valence-electron chi connectivity index (χ4n) is 1.01. The van der Waals surface area contributed by atoms with Gasteiger partial charge in [0.2, 0.25) is 0 Å². The molecule has 0 aliphatic heterocycles. The van der Waals surface area contributed by atoms with Gasteiger partial charge in [0, 0.05) is 6.54 Å². The molecule has 0 amide bonds. The second kappa shape index (κ2) is 5.01. The van der Waals surface area contributed by atoms with Crippen molar-refractivity contribution in [2.24, 2.45) is 0 Å². The Bertz CT molecular complexity index is 343. The Morgan fingerprint density at radius 2 is 2.21 bits per heavy atom. The van der Waals surface area contributed by atoms with Gasteiger partial charge in [-0.3, -0.25) is 0 Å². The van der Waals surface area contributed by atoms with E-state index >= 15 is 0 Å². The van der Waals surface area contributed by atoms with Crippen molar-refractivity contribution in [3.05, 3.63) is 40.7 Å². The summed E-state index contributed by atoms with van der Waals surface area (Å²) >= 11 is 5.62. The smallest absolute Gasteiger partial charge is 0.164 e. The fraction of sp³-hybridized carbons (Fsp3) is 0.273. The lowest BCUT2D eigenvalue weighted by Crippen LogP contribution is -2.01. The first-order valence-electron chi connectivity index (χ1n) is 4.42. The van der Waals surface area contributed by atoms with Crippen LogP contribution in [0.2, 0.25) is 5.02 Å². The first-order chi connectivity index (χ1) is 6.61. The third-order valence-electron chi connectivity index (χ3n) is 1.75. The molecule has 0 radical (unpaired) electrons. The molecule has 0 fully saturated rings. The first-order valence-corrected chi connectivity index (χ1v) is 4.80. The Labute approximate surface area is 88.6 Å². The molecule has 0 saturated carbocycles. The van der Waals surface area contributed by atoms with E-state index in [0.29, 0.717) is 12.2 Å². The molecule has 0 aliphatic rings. The predicted octanol–water partition coefficient (Wildman–Crippen LogP) is 3.86. The van der Waals surface area contributed by atoms with Crippen LogP contribution in [-0.2, 0) is 0 Å². The van der Waals surface area contributed by atoms with E-state index in [1.165, 1.54) is 11.6 Å². The third kappa shape index (κ3) is 3.04. The lowest BCUT2D eigenvalue weighted by Gasteiger charge is -2.05. The van der Waals surface area contributed by atoms with Gasteiger partial charge in [-0.25, -0.2) is 4.39 Å². The van der Waals surface area contributed by atoms with Crippen molar-refractivity contribution in [1.29, 1.82) is 0 Å². The summed E-state index contributed by atoms with van der Waals surface area (Å²) in [6.45, 7) is 4.60. The lowest BCUT2D eigenvalue weighted by atomic mass is 10.3. The standard InChI is InChI=1S/C11H13ClFN/c1-8(2)6-7-14-10-5-3-4-9(12)11(10)13/h3-6,14H,7H2,1-2H3. The zero-order valence-electron chi connectivity index (χ0n) is 8.27. The molecule has 1 N–H and O–H groups in total. The van der Waals surface area contributed by atoms with E-state index in [2.05, 4.69) is 5.32 Å². The Balaban J connectivity index is 2.68. The largest absolute Gasteiger partial charge is 0.379 e. The average Bonchev–Trinajstić information content (AvgIpc) is 2.12. The minimum absolute atomic E-state index is 0.146. The number of nitrogens with one attached hydrogen (secondary N) is 1. The maximum Gasteiger partial charge on any atom is 0.164 e. The van der Waals surface area contributed by atoms with Crippen molar-refractivity contribution in [3.63, 3.8) is 0 Å². The molecule has 1 aromatic rings. The van der Waals surface area contributed by atoms with Crippen LogP contribution in [0.15, 0.2) is 29.8 Å². The summed E-state index contributed by atoms with van der Waals surface area (Å²) in [5.74, 6) is -0.392. The highest BCUT2D eigenvalue weighted by Gasteiger charge is 2.03. The van der Waals surface area contributed by atoms with Crippen LogP contribution in [0.4, 0.5) is 10.1 Å². The maximum absolute atomic E-state index is 13.3. The zero-order chi connectivity index (χ0) is 10.6. The van der Waals surface area contributed by atoms with Crippen LogP contribution in [0.1, 0.15) is 13.8 Å². The summed E-state index contributed by atoms with van der Waals surface area (Å²) in [6.07, 6.45) is 1.99. The molecular formula is C11H13ClFN. The Kier molecular flexibility index (Phi) is 3.96. The number of halogens is 2. The molecule has 0 aromatic heterocycles. The molecule has 0 saturated heterocycles. The molecule has 0 atom stereocenters. The summed E-state index contributed by atoms with van der Waals surface area (Å²) in [7, 11) is 0. The van der Waals surface area contributed by atoms with Crippen LogP contribution in [-0.4, -0.2) is 6.54 Å². The Morgan fingerprint density at radius 1 is 1.50 bits per heavy atom. The van der Waals surface area contributed by atoms with Gasteiger partial charge in [-0.15, -0.1) is 0 Å². The topological polar surface area (TPSA) is 12.0 Å². The first kappa shape index (κ1) is 11.1. The number of allylic oxidation sites excluding steroid dienone is 1. The number of anilines is 1. The summed E-state index contributed by atoms with van der Waals surface area (Å²) in [4.78, 5) is 0. The maximum atomic E-state index is 13.3. The van der Waals surface area contributed by atoms with Crippen molar-refractivity contribution in [1.82, 2.24) is 0 Å². The summed E-state index contributed by atoms with van der Waals surface area (Å²) in [6, 6.07) is 4.92. The molecule has 3 heteroatoms. The second-order valence-corrected chi connectivity index (χ2v) is 3.67. The molecule has 14 heavy (non-hydrogen) atoms. The van der Waals surface area contributed by atoms with Crippen LogP contribution < -0.4 is 5.32 Å². The van der Waals surface area contributed by atoms with Crippen molar-refractivity contribution >= 4 is 17.3 Å². The van der Waals surface area contributed by atoms with Gasteiger partial charge >= 0.3 is 0 Å². The number of hydrogen-bond acceptors (Lipinski definition) is 1. The van der Waals surface area contributed by atoms with Gasteiger partial charge in [-0.05, 0) is 26.0 Å². The fourth-order valence-corrected chi connectivity index (χ4v) is 1.18. The van der Waals surface area contributed by atoms with Crippen LogP contribution >= 0.6 is 11.6 Å². The van der Waals surface area contributed by atoms with Crippen molar-refractivity contribution in [2.75, 3.05) is 11.9 Å². The highest BCUT2D eigenvalue weighted by atomic mass is 35.5. The molecule has 76 valence electrons. The summed E-state index contributed by atoms with van der Waals surface area (Å²) in [5, 5.41) is 3.09. The minimum atomic E-state index is -0.392. The number of hydrogen-bond donors (Lipinski definition) is 1. The number of benzene rings is 1. The van der Waals surface area contributed by atoms with Crippen molar-refractivity contribution < 1.29 is 4.39 Å².